The maximum Gasteiger partial charge on any atom is 0.339 e. The van der Waals surface area contributed by atoms with Crippen molar-refractivity contribution < 1.29 is 28.6 Å². The van der Waals surface area contributed by atoms with E-state index in [4.69, 9.17) is 30.8 Å². The molecule has 0 aliphatic heterocycles. The highest BCUT2D eigenvalue weighted by Crippen LogP contribution is 2.46. The SMILES string of the molecule is CC(C)OC(=O)c1c(N=[N+]=[N-])c(C(=O)OC(C)C)c(N=[N+]=[N-])c(C(=O)OC(C)C)c1N=[N+]=[N-]. The van der Waals surface area contributed by atoms with Crippen molar-refractivity contribution in [2.45, 2.75) is 59.9 Å². The second-order valence-electron chi connectivity index (χ2n) is 7.10. The number of rotatable bonds is 9. The molecule has 0 amide bonds. The van der Waals surface area contributed by atoms with E-state index in [0.717, 1.165) is 0 Å². The first-order valence-electron chi connectivity index (χ1n) is 9.52. The molecule has 1 rings (SSSR count). The topological polar surface area (TPSA) is 225 Å². The zero-order valence-electron chi connectivity index (χ0n) is 18.7. The fourth-order valence-electron chi connectivity index (χ4n) is 2.54. The van der Waals surface area contributed by atoms with Crippen LogP contribution < -0.4 is 0 Å². The van der Waals surface area contributed by atoms with Crippen molar-refractivity contribution in [3.63, 3.8) is 0 Å². The molecule has 0 saturated heterocycles. The lowest BCUT2D eigenvalue weighted by Crippen LogP contribution is -2.19. The largest absolute Gasteiger partial charge is 0.459 e. The van der Waals surface area contributed by atoms with Crippen molar-refractivity contribution in [3.8, 4) is 0 Å². The fourth-order valence-corrected chi connectivity index (χ4v) is 2.54. The molecule has 1 aromatic rings. The molecule has 0 radical (unpaired) electrons. The Bertz CT molecular complexity index is 950. The molecule has 174 valence electrons. The Morgan fingerprint density at radius 1 is 0.576 bits per heavy atom. The Labute approximate surface area is 187 Å². The Balaban J connectivity index is 4.43. The average molecular weight is 459 g/mol. The third kappa shape index (κ3) is 6.52. The van der Waals surface area contributed by atoms with E-state index in [-0.39, 0.29) is 0 Å². The highest BCUT2D eigenvalue weighted by molar-refractivity contribution is 6.17. The summed E-state index contributed by atoms with van der Waals surface area (Å²) in [4.78, 5) is 46.5. The van der Waals surface area contributed by atoms with Gasteiger partial charge in [0.05, 0.1) is 52.1 Å². The lowest BCUT2D eigenvalue weighted by Gasteiger charge is -2.20. The van der Waals surface area contributed by atoms with Gasteiger partial charge in [0.15, 0.2) is 0 Å². The molecule has 15 heteroatoms. The quantitative estimate of drug-likeness (QED) is 0.137. The van der Waals surface area contributed by atoms with Gasteiger partial charge in [-0.05, 0) is 58.1 Å². The summed E-state index contributed by atoms with van der Waals surface area (Å²) in [5, 5.41) is 10.1. The van der Waals surface area contributed by atoms with Crippen molar-refractivity contribution in [1.29, 1.82) is 0 Å². The van der Waals surface area contributed by atoms with E-state index >= 15 is 0 Å². The van der Waals surface area contributed by atoms with Crippen molar-refractivity contribution in [2.24, 2.45) is 15.3 Å². The summed E-state index contributed by atoms with van der Waals surface area (Å²) >= 11 is 0. The highest BCUT2D eigenvalue weighted by Gasteiger charge is 2.34. The van der Waals surface area contributed by atoms with E-state index in [1.165, 1.54) is 41.5 Å². The summed E-state index contributed by atoms with van der Waals surface area (Å²) in [5.41, 5.74) is 23.0. The number of nitrogens with zero attached hydrogens (tertiary/aromatic N) is 9. The van der Waals surface area contributed by atoms with Gasteiger partial charge in [-0.25, -0.2) is 14.4 Å². The lowest BCUT2D eigenvalue weighted by atomic mass is 9.96. The molecule has 0 fully saturated rings. The van der Waals surface area contributed by atoms with Gasteiger partial charge >= 0.3 is 17.9 Å². The number of carbonyl (C=O) groups excluding carboxylic acids is 3. The van der Waals surface area contributed by atoms with E-state index < -0.39 is 70.0 Å². The Hall–Kier alpha value is -4.44. The van der Waals surface area contributed by atoms with Crippen LogP contribution in [-0.2, 0) is 14.2 Å². The average Bonchev–Trinajstić information content (AvgIpc) is 2.66. The number of benzene rings is 1. The third-order valence-corrected chi connectivity index (χ3v) is 3.50. The predicted molar refractivity (Wildman–Crippen MR) is 115 cm³/mol. The molecule has 0 aliphatic carbocycles. The first-order valence-corrected chi connectivity index (χ1v) is 9.52. The molecule has 0 spiro atoms. The molecule has 0 aliphatic rings. The van der Waals surface area contributed by atoms with Crippen LogP contribution >= 0.6 is 0 Å². The van der Waals surface area contributed by atoms with E-state index in [1.54, 1.807) is 0 Å². The van der Waals surface area contributed by atoms with Gasteiger partial charge in [-0.2, -0.15) is 0 Å². The van der Waals surface area contributed by atoms with Gasteiger partial charge in [-0.3, -0.25) is 0 Å². The van der Waals surface area contributed by atoms with Gasteiger partial charge in [-0.15, -0.1) is 0 Å². The Morgan fingerprint density at radius 3 is 0.939 bits per heavy atom. The zero-order chi connectivity index (χ0) is 25.3. The smallest absolute Gasteiger partial charge is 0.339 e. The van der Waals surface area contributed by atoms with E-state index in [0.29, 0.717) is 0 Å². The van der Waals surface area contributed by atoms with Crippen LogP contribution in [0.5, 0.6) is 0 Å². The summed E-state index contributed by atoms with van der Waals surface area (Å²) in [6.07, 6.45) is -2.07. The number of carbonyl (C=O) groups is 3. The first-order chi connectivity index (χ1) is 15.5. The monoisotopic (exact) mass is 459 g/mol. The van der Waals surface area contributed by atoms with Crippen LogP contribution in [0.4, 0.5) is 17.1 Å². The van der Waals surface area contributed by atoms with Crippen LogP contribution in [-0.4, -0.2) is 36.2 Å². The van der Waals surface area contributed by atoms with Crippen molar-refractivity contribution in [3.05, 3.63) is 48.0 Å². The van der Waals surface area contributed by atoms with Gasteiger partial charge < -0.3 is 14.2 Å². The summed E-state index contributed by atoms with van der Waals surface area (Å²) in [6, 6.07) is 0. The summed E-state index contributed by atoms with van der Waals surface area (Å²) < 4.78 is 15.4. The van der Waals surface area contributed by atoms with E-state index in [2.05, 4.69) is 30.1 Å². The normalized spacial score (nSPS) is 10.1. The zero-order valence-corrected chi connectivity index (χ0v) is 18.7. The molecule has 0 unspecified atom stereocenters. The van der Waals surface area contributed by atoms with Crippen molar-refractivity contribution in [1.82, 2.24) is 0 Å². The van der Waals surface area contributed by atoms with Gasteiger partial charge in [0, 0.05) is 14.7 Å². The fraction of sp³-hybridized carbons (Fsp3) is 0.500. The molecule has 0 atom stereocenters. The van der Waals surface area contributed by atoms with Crippen LogP contribution in [0, 0.1) is 0 Å². The van der Waals surface area contributed by atoms with Crippen LogP contribution in [0.2, 0.25) is 0 Å². The number of hydrogen-bond donors (Lipinski definition) is 0. The lowest BCUT2D eigenvalue weighted by molar-refractivity contribution is 0.0379. The maximum atomic E-state index is 12.9. The summed E-state index contributed by atoms with van der Waals surface area (Å²) in [7, 11) is 0. The second-order valence-corrected chi connectivity index (χ2v) is 7.10. The van der Waals surface area contributed by atoms with E-state index in [9.17, 15) is 14.4 Å². The van der Waals surface area contributed by atoms with Crippen LogP contribution in [0.1, 0.15) is 72.6 Å². The van der Waals surface area contributed by atoms with Crippen molar-refractivity contribution in [2.75, 3.05) is 0 Å². The van der Waals surface area contributed by atoms with Crippen LogP contribution in [0.3, 0.4) is 0 Å². The minimum absolute atomic E-state index is 0.690. The predicted octanol–water partition coefficient (Wildman–Crippen LogP) is 6.21. The standard InChI is InChI=1S/C18H21N9O6/c1-7(2)31-16(28)10-13(22-25-19)11(17(29)32-8(3)4)15(24-27-21)12(14(10)23-26-20)18(30)33-9(5)6/h7-9H,1-6H3. The van der Waals surface area contributed by atoms with Gasteiger partial charge in [-0.1, -0.05) is 15.3 Å². The minimum atomic E-state index is -1.18. The molecule has 15 nitrogen and oxygen atoms in total. The van der Waals surface area contributed by atoms with Crippen molar-refractivity contribution >= 4 is 35.0 Å². The molecule has 1 aromatic carbocycles. The molecular weight excluding hydrogens is 438 g/mol. The Morgan fingerprint density at radius 2 is 0.788 bits per heavy atom. The van der Waals surface area contributed by atoms with Gasteiger partial charge in [0.25, 0.3) is 0 Å². The molecule has 0 saturated carbocycles. The number of hydrogen-bond acceptors (Lipinski definition) is 9. The number of esters is 3. The highest BCUT2D eigenvalue weighted by atomic mass is 16.6. The molecule has 0 N–H and O–H groups in total. The van der Waals surface area contributed by atoms with Gasteiger partial charge in [0.1, 0.15) is 0 Å². The maximum absolute atomic E-state index is 12.9. The molecule has 33 heavy (non-hydrogen) atoms. The molecule has 0 heterocycles. The van der Waals surface area contributed by atoms with Gasteiger partial charge in [0.2, 0.25) is 0 Å². The number of ether oxygens (including phenoxy) is 3. The van der Waals surface area contributed by atoms with Crippen LogP contribution in [0.15, 0.2) is 15.3 Å². The third-order valence-electron chi connectivity index (χ3n) is 3.50. The molecular formula is C18H21N9O6. The van der Waals surface area contributed by atoms with Crippen LogP contribution in [0.25, 0.3) is 31.3 Å². The molecule has 0 bridgehead atoms. The Kier molecular flexibility index (Phi) is 9.52. The first kappa shape index (κ1) is 26.6. The van der Waals surface area contributed by atoms with E-state index in [1.807, 2.05) is 0 Å². The summed E-state index contributed by atoms with van der Waals surface area (Å²) in [5.74, 6) is -3.54. The second kappa shape index (κ2) is 11.8. The minimum Gasteiger partial charge on any atom is -0.459 e. The number of azide groups is 3. The molecule has 0 aromatic heterocycles. The summed E-state index contributed by atoms with van der Waals surface area (Å²) in [6.45, 7) is 9.05.